The molecule has 1 saturated carbocycles. The lowest BCUT2D eigenvalue weighted by atomic mass is 10.0. The lowest BCUT2D eigenvalue weighted by Crippen LogP contribution is -2.20. The number of carbonyl (C=O) groups excluding carboxylic acids is 1. The average molecular weight is 655 g/mol. The summed E-state index contributed by atoms with van der Waals surface area (Å²) < 4.78 is 85.9. The van der Waals surface area contributed by atoms with Crippen molar-refractivity contribution in [2.24, 2.45) is 0 Å². The molecular weight excluding hydrogens is 632 g/mol. The average Bonchev–Trinajstić information content (AvgIpc) is 3.68. The second-order valence-electron chi connectivity index (χ2n) is 9.54. The van der Waals surface area contributed by atoms with Crippen LogP contribution in [0.4, 0.5) is 23.2 Å². The Morgan fingerprint density at radius 2 is 1.85 bits per heavy atom. The molecule has 0 spiro atoms. The number of benzene rings is 2. The van der Waals surface area contributed by atoms with Gasteiger partial charge in [-0.1, -0.05) is 6.07 Å². The summed E-state index contributed by atoms with van der Waals surface area (Å²) in [5, 5.41) is 7.12. The summed E-state index contributed by atoms with van der Waals surface area (Å²) in [6.07, 6.45) is -1.81. The third-order valence-electron chi connectivity index (χ3n) is 6.54. The highest BCUT2D eigenvalue weighted by Crippen LogP contribution is 2.45. The Morgan fingerprint density at radius 3 is 2.49 bits per heavy atom. The first-order valence-electron chi connectivity index (χ1n) is 12.4. The summed E-state index contributed by atoms with van der Waals surface area (Å²) in [6.45, 7) is 0. The number of pyridine rings is 1. The SMILES string of the molecule is CNC(=O)c1c(-c2ccc(F)cc2)nn2cc(NS(=O)(=O)CCc3ccc(Br)c(OC(F)(F)F)c3)c(C3CC3)cc12. The molecule has 0 unspecified atom stereocenters. The molecule has 0 bridgehead atoms. The van der Waals surface area contributed by atoms with Crippen LogP contribution in [0.3, 0.4) is 0 Å². The van der Waals surface area contributed by atoms with Gasteiger partial charge in [-0.05, 0) is 94.7 Å². The highest BCUT2D eigenvalue weighted by Gasteiger charge is 2.32. The van der Waals surface area contributed by atoms with Crippen LogP contribution in [-0.4, -0.2) is 43.1 Å². The quantitative estimate of drug-likeness (QED) is 0.215. The van der Waals surface area contributed by atoms with Gasteiger partial charge in [0.25, 0.3) is 5.91 Å². The number of nitrogens with one attached hydrogen (secondary N) is 2. The number of anilines is 1. The van der Waals surface area contributed by atoms with Crippen molar-refractivity contribution in [3.8, 4) is 17.0 Å². The van der Waals surface area contributed by atoms with Gasteiger partial charge >= 0.3 is 6.36 Å². The standard InChI is InChI=1S/C27H23BrF4N4O4S/c1-33-26(37)24-22-13-19(16-3-4-16)21(14-36(22)34-25(24)17-5-7-18(29)8-6-17)35-41(38,39)11-10-15-2-9-20(28)23(12-15)40-27(30,31)32/h2,5-9,12-14,16,35H,3-4,10-11H2,1H3,(H,33,37). The van der Waals surface area contributed by atoms with Gasteiger partial charge in [0.2, 0.25) is 10.0 Å². The Bertz CT molecular complexity index is 1740. The van der Waals surface area contributed by atoms with Crippen molar-refractivity contribution in [3.63, 3.8) is 0 Å². The zero-order chi connectivity index (χ0) is 29.5. The van der Waals surface area contributed by atoms with Crippen molar-refractivity contribution >= 4 is 43.1 Å². The molecule has 1 amide bonds. The lowest BCUT2D eigenvalue weighted by Gasteiger charge is -2.14. The molecule has 1 aliphatic rings. The van der Waals surface area contributed by atoms with Crippen molar-refractivity contribution in [1.82, 2.24) is 14.9 Å². The summed E-state index contributed by atoms with van der Waals surface area (Å²) in [6, 6.07) is 11.2. The van der Waals surface area contributed by atoms with Gasteiger partial charge in [-0.3, -0.25) is 9.52 Å². The Kier molecular flexibility index (Phi) is 7.72. The maximum Gasteiger partial charge on any atom is 0.573 e. The number of nitrogens with zero attached hydrogens (tertiary/aromatic N) is 2. The number of alkyl halides is 3. The third kappa shape index (κ3) is 6.64. The number of aromatic nitrogens is 2. The topological polar surface area (TPSA) is 102 Å². The van der Waals surface area contributed by atoms with Gasteiger partial charge in [0.1, 0.15) is 17.3 Å². The number of aryl methyl sites for hydroxylation is 1. The van der Waals surface area contributed by atoms with E-state index in [0.29, 0.717) is 27.9 Å². The van der Waals surface area contributed by atoms with Gasteiger partial charge in [0.15, 0.2) is 0 Å². The van der Waals surface area contributed by atoms with Crippen LogP contribution >= 0.6 is 15.9 Å². The van der Waals surface area contributed by atoms with Crippen LogP contribution < -0.4 is 14.8 Å². The number of ether oxygens (including phenoxy) is 1. The lowest BCUT2D eigenvalue weighted by molar-refractivity contribution is -0.274. The van der Waals surface area contributed by atoms with E-state index in [0.717, 1.165) is 18.9 Å². The third-order valence-corrected chi connectivity index (χ3v) is 8.46. The predicted octanol–water partition coefficient (Wildman–Crippen LogP) is 6.02. The van der Waals surface area contributed by atoms with Gasteiger partial charge in [-0.25, -0.2) is 17.3 Å². The highest BCUT2D eigenvalue weighted by atomic mass is 79.9. The zero-order valence-electron chi connectivity index (χ0n) is 21.4. The molecule has 2 aromatic heterocycles. The maximum absolute atomic E-state index is 13.5. The molecule has 2 heterocycles. The number of fused-ring (bicyclic) bond motifs is 1. The number of rotatable bonds is 9. The number of hydrogen-bond acceptors (Lipinski definition) is 5. The highest BCUT2D eigenvalue weighted by molar-refractivity contribution is 9.10. The van der Waals surface area contributed by atoms with Crippen molar-refractivity contribution < 1.29 is 35.5 Å². The van der Waals surface area contributed by atoms with Crippen LogP contribution in [0.2, 0.25) is 0 Å². The summed E-state index contributed by atoms with van der Waals surface area (Å²) in [5.74, 6) is -1.65. The number of amides is 1. The van der Waals surface area contributed by atoms with Crippen molar-refractivity contribution in [1.29, 1.82) is 0 Å². The number of hydrogen-bond donors (Lipinski definition) is 2. The predicted molar refractivity (Wildman–Crippen MR) is 148 cm³/mol. The van der Waals surface area contributed by atoms with E-state index in [4.69, 9.17) is 0 Å². The molecule has 0 atom stereocenters. The molecule has 2 aromatic carbocycles. The molecule has 0 saturated heterocycles. The molecule has 41 heavy (non-hydrogen) atoms. The number of carbonyl (C=O) groups is 1. The largest absolute Gasteiger partial charge is 0.573 e. The van der Waals surface area contributed by atoms with Crippen molar-refractivity contribution in [3.05, 3.63) is 81.7 Å². The minimum absolute atomic E-state index is 0.0743. The summed E-state index contributed by atoms with van der Waals surface area (Å²) in [7, 11) is -2.48. The molecule has 5 rings (SSSR count). The fraction of sp³-hybridized carbons (Fsp3) is 0.259. The summed E-state index contributed by atoms with van der Waals surface area (Å²) in [5.41, 5.74) is 2.85. The first-order chi connectivity index (χ1) is 19.3. The van der Waals surface area contributed by atoms with Gasteiger partial charge in [-0.15, -0.1) is 13.2 Å². The Morgan fingerprint density at radius 1 is 1.15 bits per heavy atom. The van der Waals surface area contributed by atoms with Crippen LogP contribution in [-0.2, 0) is 16.4 Å². The van der Waals surface area contributed by atoms with Crippen LogP contribution in [0.15, 0.2) is 59.2 Å². The smallest absolute Gasteiger partial charge is 0.405 e. The van der Waals surface area contributed by atoms with Gasteiger partial charge < -0.3 is 10.1 Å². The maximum atomic E-state index is 13.5. The molecule has 1 aliphatic carbocycles. The van der Waals surface area contributed by atoms with Gasteiger partial charge in [0.05, 0.1) is 33.2 Å². The van der Waals surface area contributed by atoms with Gasteiger partial charge in [0, 0.05) is 12.6 Å². The second-order valence-corrected chi connectivity index (χ2v) is 12.2. The first-order valence-corrected chi connectivity index (χ1v) is 14.9. The van der Waals surface area contributed by atoms with Crippen molar-refractivity contribution in [2.45, 2.75) is 31.5 Å². The Hall–Kier alpha value is -3.65. The number of sulfonamides is 1. The van der Waals surface area contributed by atoms with E-state index in [1.165, 1.54) is 54.2 Å². The first kappa shape index (κ1) is 28.9. The minimum atomic E-state index is -4.90. The summed E-state index contributed by atoms with van der Waals surface area (Å²) in [4.78, 5) is 12.9. The van der Waals surface area contributed by atoms with E-state index < -0.39 is 39.6 Å². The fourth-order valence-electron chi connectivity index (χ4n) is 4.46. The normalized spacial score (nSPS) is 13.8. The fourth-order valence-corrected chi connectivity index (χ4v) is 5.90. The van der Waals surface area contributed by atoms with E-state index >= 15 is 0 Å². The van der Waals surface area contributed by atoms with Crippen LogP contribution in [0, 0.1) is 5.82 Å². The molecule has 1 fully saturated rings. The van der Waals surface area contributed by atoms with E-state index in [1.807, 2.05) is 0 Å². The second kappa shape index (κ2) is 11.0. The molecule has 0 aliphatic heterocycles. The molecular formula is C27H23BrF4N4O4S. The molecule has 8 nitrogen and oxygen atoms in total. The van der Waals surface area contributed by atoms with Crippen LogP contribution in [0.25, 0.3) is 16.8 Å². The molecule has 14 heteroatoms. The van der Waals surface area contributed by atoms with Crippen molar-refractivity contribution in [2.75, 3.05) is 17.5 Å². The molecule has 4 aromatic rings. The monoisotopic (exact) mass is 654 g/mol. The van der Waals surface area contributed by atoms with E-state index in [-0.39, 0.29) is 28.1 Å². The zero-order valence-corrected chi connectivity index (χ0v) is 23.8. The van der Waals surface area contributed by atoms with Gasteiger partial charge in [-0.2, -0.15) is 5.10 Å². The Labute approximate surface area is 240 Å². The summed E-state index contributed by atoms with van der Waals surface area (Å²) >= 11 is 3.00. The van der Waals surface area contributed by atoms with E-state index in [9.17, 15) is 30.8 Å². The van der Waals surface area contributed by atoms with Crippen LogP contribution in [0.1, 0.15) is 40.2 Å². The number of halogens is 5. The molecule has 0 radical (unpaired) electrons. The Balaban J connectivity index is 1.46. The minimum Gasteiger partial charge on any atom is -0.405 e. The molecule has 216 valence electrons. The van der Waals surface area contributed by atoms with Crippen LogP contribution in [0.5, 0.6) is 5.75 Å². The molecule has 2 N–H and O–H groups in total. The van der Waals surface area contributed by atoms with E-state index in [2.05, 4.69) is 35.8 Å². The van der Waals surface area contributed by atoms with E-state index in [1.54, 1.807) is 6.07 Å².